The van der Waals surface area contributed by atoms with E-state index in [2.05, 4.69) is 20.2 Å². The van der Waals surface area contributed by atoms with Gasteiger partial charge in [0.05, 0.1) is 17.7 Å². The monoisotopic (exact) mass is 500 g/mol. The topological polar surface area (TPSA) is 110 Å². The van der Waals surface area contributed by atoms with Crippen molar-refractivity contribution in [2.45, 2.75) is 17.2 Å². The molecule has 12 heteroatoms. The van der Waals surface area contributed by atoms with Crippen LogP contribution in [0.1, 0.15) is 22.3 Å². The van der Waals surface area contributed by atoms with Gasteiger partial charge in [-0.05, 0) is 48.7 Å². The molecule has 0 aliphatic rings. The number of nitrogens with zero attached hydrogens (tertiary/aromatic N) is 2. The number of halogens is 2. The number of hydrogen-bond acceptors (Lipinski definition) is 7. The Morgan fingerprint density at radius 2 is 1.97 bits per heavy atom. The fourth-order valence-electron chi connectivity index (χ4n) is 2.60. The van der Waals surface area contributed by atoms with Crippen LogP contribution in [-0.2, 0) is 16.4 Å². The molecular weight excluding hydrogens is 483 g/mol. The third kappa shape index (κ3) is 6.37. The highest BCUT2D eigenvalue weighted by Gasteiger charge is 2.21. The Morgan fingerprint density at radius 3 is 2.71 bits per heavy atom. The first kappa shape index (κ1) is 23.4. The van der Waals surface area contributed by atoms with Crippen LogP contribution >= 0.6 is 34.5 Å². The summed E-state index contributed by atoms with van der Waals surface area (Å²) in [7, 11) is -2.25. The molecule has 8 nitrogen and oxygen atoms in total. The van der Waals surface area contributed by atoms with Crippen LogP contribution in [0, 0.1) is 0 Å². The highest BCUT2D eigenvalue weighted by atomic mass is 35.5. The molecule has 0 spiro atoms. The van der Waals surface area contributed by atoms with Crippen LogP contribution in [0.5, 0.6) is 5.75 Å². The van der Waals surface area contributed by atoms with Gasteiger partial charge in [0.1, 0.15) is 5.75 Å². The molecule has 31 heavy (non-hydrogen) atoms. The standard InChI is InChI=1S/C19H18Cl2N4O4S2/c1-29-14-6-2-4-12(10-14)5-3-9-22-31(27,28)19-25-24-18(30-19)23-17(26)15-8-7-13(20)11-16(15)21/h2,4,6-8,10-11,22H,3,5,9H2,1H3,(H,23,24,26). The van der Waals surface area contributed by atoms with Crippen LogP contribution in [-0.4, -0.2) is 38.2 Å². The van der Waals surface area contributed by atoms with Gasteiger partial charge in [-0.2, -0.15) is 0 Å². The molecule has 0 atom stereocenters. The van der Waals surface area contributed by atoms with Gasteiger partial charge in [0.2, 0.25) is 9.47 Å². The Balaban J connectivity index is 1.55. The van der Waals surface area contributed by atoms with Crippen LogP contribution in [0.25, 0.3) is 0 Å². The zero-order valence-electron chi connectivity index (χ0n) is 16.3. The van der Waals surface area contributed by atoms with E-state index in [0.717, 1.165) is 22.6 Å². The van der Waals surface area contributed by atoms with Crippen molar-refractivity contribution in [3.8, 4) is 5.75 Å². The van der Waals surface area contributed by atoms with Crippen molar-refractivity contribution in [3.05, 3.63) is 63.6 Å². The van der Waals surface area contributed by atoms with E-state index in [1.54, 1.807) is 7.11 Å². The minimum absolute atomic E-state index is 0.0350. The van der Waals surface area contributed by atoms with E-state index in [0.29, 0.717) is 17.9 Å². The molecule has 0 aliphatic heterocycles. The average Bonchev–Trinajstić information content (AvgIpc) is 3.21. The van der Waals surface area contributed by atoms with Gasteiger partial charge in [-0.3, -0.25) is 10.1 Å². The van der Waals surface area contributed by atoms with E-state index >= 15 is 0 Å². The van der Waals surface area contributed by atoms with Crippen LogP contribution in [0.3, 0.4) is 0 Å². The van der Waals surface area contributed by atoms with Crippen LogP contribution < -0.4 is 14.8 Å². The van der Waals surface area contributed by atoms with Crippen molar-refractivity contribution < 1.29 is 17.9 Å². The summed E-state index contributed by atoms with van der Waals surface area (Å²) in [5, 5.41) is 10.5. The van der Waals surface area contributed by atoms with Crippen molar-refractivity contribution in [1.82, 2.24) is 14.9 Å². The number of sulfonamides is 1. The first-order chi connectivity index (χ1) is 14.8. The predicted octanol–water partition coefficient (Wildman–Crippen LogP) is 4.02. The summed E-state index contributed by atoms with van der Waals surface area (Å²) in [6.07, 6.45) is 1.27. The fraction of sp³-hybridized carbons (Fsp3) is 0.211. The van der Waals surface area contributed by atoms with Crippen LogP contribution in [0.15, 0.2) is 46.8 Å². The maximum absolute atomic E-state index is 12.4. The van der Waals surface area contributed by atoms with Gasteiger partial charge in [0.25, 0.3) is 15.9 Å². The van der Waals surface area contributed by atoms with Crippen molar-refractivity contribution in [2.75, 3.05) is 19.0 Å². The number of benzene rings is 2. The quantitative estimate of drug-likeness (QED) is 0.339. The maximum atomic E-state index is 12.4. The van der Waals surface area contributed by atoms with Gasteiger partial charge in [-0.1, -0.05) is 46.7 Å². The molecule has 1 aromatic heterocycles. The van der Waals surface area contributed by atoms with E-state index < -0.39 is 15.9 Å². The van der Waals surface area contributed by atoms with E-state index in [1.807, 2.05) is 24.3 Å². The number of nitrogens with one attached hydrogen (secondary N) is 2. The lowest BCUT2D eigenvalue weighted by Crippen LogP contribution is -2.25. The summed E-state index contributed by atoms with van der Waals surface area (Å²) in [6.45, 7) is 0.223. The van der Waals surface area contributed by atoms with Gasteiger partial charge in [-0.25, -0.2) is 13.1 Å². The van der Waals surface area contributed by atoms with E-state index in [1.165, 1.54) is 18.2 Å². The molecule has 0 unspecified atom stereocenters. The van der Waals surface area contributed by atoms with E-state index in [4.69, 9.17) is 27.9 Å². The number of aromatic nitrogens is 2. The number of ether oxygens (including phenoxy) is 1. The van der Waals surface area contributed by atoms with E-state index in [9.17, 15) is 13.2 Å². The third-order valence-corrected chi connectivity index (χ3v) is 7.32. The van der Waals surface area contributed by atoms with Crippen molar-refractivity contribution in [3.63, 3.8) is 0 Å². The second-order valence-electron chi connectivity index (χ2n) is 6.30. The third-order valence-electron chi connectivity index (χ3n) is 4.10. The number of rotatable bonds is 9. The molecule has 1 amide bonds. The summed E-state index contributed by atoms with van der Waals surface area (Å²) < 4.78 is 32.3. The minimum Gasteiger partial charge on any atom is -0.497 e. The van der Waals surface area contributed by atoms with Crippen molar-refractivity contribution in [1.29, 1.82) is 0 Å². The molecule has 0 saturated heterocycles. The number of methoxy groups -OCH3 is 1. The largest absolute Gasteiger partial charge is 0.497 e. The predicted molar refractivity (Wildman–Crippen MR) is 121 cm³/mol. The Labute approximate surface area is 193 Å². The van der Waals surface area contributed by atoms with Gasteiger partial charge in [0, 0.05) is 11.6 Å². The molecule has 3 rings (SSSR count). The molecule has 2 aromatic carbocycles. The molecule has 3 aromatic rings. The zero-order valence-corrected chi connectivity index (χ0v) is 19.4. The Kier molecular flexibility index (Phi) is 7.84. The SMILES string of the molecule is COc1cccc(CCCNS(=O)(=O)c2nnc(NC(=O)c3ccc(Cl)cc3Cl)s2)c1. The Morgan fingerprint density at radius 1 is 1.16 bits per heavy atom. The Hall–Kier alpha value is -2.24. The second-order valence-corrected chi connectivity index (χ2v) is 10.1. The van der Waals surface area contributed by atoms with Gasteiger partial charge < -0.3 is 4.74 Å². The smallest absolute Gasteiger partial charge is 0.269 e. The van der Waals surface area contributed by atoms with Crippen molar-refractivity contribution in [2.24, 2.45) is 0 Å². The second kappa shape index (κ2) is 10.4. The first-order valence-electron chi connectivity index (χ1n) is 9.01. The zero-order chi connectivity index (χ0) is 22.4. The Bertz CT molecular complexity index is 1190. The molecule has 0 aliphatic carbocycles. The molecule has 0 bridgehead atoms. The molecule has 0 fully saturated rings. The maximum Gasteiger partial charge on any atom is 0.269 e. The summed E-state index contributed by atoms with van der Waals surface area (Å²) >= 11 is 12.6. The first-order valence-corrected chi connectivity index (χ1v) is 12.1. The summed E-state index contributed by atoms with van der Waals surface area (Å²) in [5.41, 5.74) is 1.22. The highest BCUT2D eigenvalue weighted by molar-refractivity contribution is 7.91. The molecule has 1 heterocycles. The van der Waals surface area contributed by atoms with Crippen LogP contribution in [0.4, 0.5) is 5.13 Å². The molecule has 164 valence electrons. The number of hydrogen-bond donors (Lipinski definition) is 2. The number of aryl methyl sites for hydroxylation is 1. The lowest BCUT2D eigenvalue weighted by atomic mass is 10.1. The van der Waals surface area contributed by atoms with Gasteiger partial charge in [-0.15, -0.1) is 10.2 Å². The molecule has 2 N–H and O–H groups in total. The highest BCUT2D eigenvalue weighted by Crippen LogP contribution is 2.24. The van der Waals surface area contributed by atoms with E-state index in [-0.39, 0.29) is 26.6 Å². The molecule has 0 radical (unpaired) electrons. The van der Waals surface area contributed by atoms with Crippen LogP contribution in [0.2, 0.25) is 10.0 Å². The molecule has 0 saturated carbocycles. The number of amides is 1. The summed E-state index contributed by atoms with van der Waals surface area (Å²) in [6, 6.07) is 12.0. The van der Waals surface area contributed by atoms with Gasteiger partial charge in [0.15, 0.2) is 0 Å². The lowest BCUT2D eigenvalue weighted by Gasteiger charge is -2.06. The minimum atomic E-state index is -3.85. The van der Waals surface area contributed by atoms with Crippen molar-refractivity contribution >= 4 is 55.6 Å². The van der Waals surface area contributed by atoms with Gasteiger partial charge >= 0.3 is 0 Å². The summed E-state index contributed by atoms with van der Waals surface area (Å²) in [5.74, 6) is 0.203. The average molecular weight is 501 g/mol. The number of carbonyl (C=O) groups is 1. The normalized spacial score (nSPS) is 11.3. The summed E-state index contributed by atoms with van der Waals surface area (Å²) in [4.78, 5) is 12.3. The lowest BCUT2D eigenvalue weighted by molar-refractivity contribution is 0.102. The molecular formula is C19H18Cl2N4O4S2. The fourth-order valence-corrected chi connectivity index (χ4v) is 5.10. The number of anilines is 1. The number of carbonyl (C=O) groups excluding carboxylic acids is 1.